The molecule has 1 aromatic carbocycles. The summed E-state index contributed by atoms with van der Waals surface area (Å²) in [7, 11) is 3.75. The van der Waals surface area contributed by atoms with Gasteiger partial charge in [0.1, 0.15) is 0 Å². The van der Waals surface area contributed by atoms with E-state index in [0.29, 0.717) is 25.5 Å². The molecule has 0 saturated carbocycles. The second-order valence-corrected chi connectivity index (χ2v) is 6.23. The van der Waals surface area contributed by atoms with Crippen molar-refractivity contribution in [2.24, 2.45) is 7.05 Å². The van der Waals surface area contributed by atoms with Gasteiger partial charge in [0.25, 0.3) is 0 Å². The number of anilines is 1. The maximum atomic E-state index is 11.8. The van der Waals surface area contributed by atoms with Crippen LogP contribution in [0.1, 0.15) is 17.5 Å². The van der Waals surface area contributed by atoms with E-state index >= 15 is 0 Å². The van der Waals surface area contributed by atoms with Crippen LogP contribution >= 0.6 is 11.8 Å². The number of benzene rings is 1. The van der Waals surface area contributed by atoms with Gasteiger partial charge in [-0.2, -0.15) is 11.8 Å². The minimum Gasteiger partial charge on any atom is -0.352 e. The number of thioether (sulfide) groups is 1. The molecule has 2 aromatic rings. The number of tetrazole rings is 1. The van der Waals surface area contributed by atoms with E-state index in [-0.39, 0.29) is 5.91 Å². The van der Waals surface area contributed by atoms with Gasteiger partial charge < -0.3 is 10.2 Å². The Morgan fingerprint density at radius 3 is 2.74 bits per heavy atom. The number of carbonyl (C=O) groups is 1. The number of rotatable bonds is 8. The van der Waals surface area contributed by atoms with Crippen molar-refractivity contribution >= 4 is 23.6 Å². The number of amides is 1. The molecular weight excluding hydrogens is 312 g/mol. The Bertz CT molecular complexity index is 644. The first kappa shape index (κ1) is 17.3. The molecule has 7 nitrogen and oxygen atoms in total. The summed E-state index contributed by atoms with van der Waals surface area (Å²) in [4.78, 5) is 13.8. The van der Waals surface area contributed by atoms with Crippen LogP contribution in [0.4, 0.5) is 5.95 Å². The standard InChI is InChI=1S/C15H22N6OS/c1-20(15-17-18-19-21(15)2)11-13-7-5-4-6-12(13)10-16-14(22)8-9-23-3/h4-7H,8-11H2,1-3H3,(H,16,22). The minimum absolute atomic E-state index is 0.0833. The van der Waals surface area contributed by atoms with Gasteiger partial charge in [0, 0.05) is 39.4 Å². The molecule has 0 radical (unpaired) electrons. The highest BCUT2D eigenvalue weighted by atomic mass is 32.2. The monoisotopic (exact) mass is 334 g/mol. The van der Waals surface area contributed by atoms with Gasteiger partial charge in [0.05, 0.1) is 0 Å². The summed E-state index contributed by atoms with van der Waals surface area (Å²) in [5.41, 5.74) is 2.25. The fourth-order valence-corrected chi connectivity index (χ4v) is 2.63. The zero-order chi connectivity index (χ0) is 16.7. The van der Waals surface area contributed by atoms with E-state index in [1.165, 1.54) is 0 Å². The largest absolute Gasteiger partial charge is 0.352 e. The average Bonchev–Trinajstić information content (AvgIpc) is 2.98. The Kier molecular flexibility index (Phi) is 6.40. The van der Waals surface area contributed by atoms with Crippen LogP contribution in [-0.2, 0) is 24.9 Å². The van der Waals surface area contributed by atoms with Crippen molar-refractivity contribution in [2.45, 2.75) is 19.5 Å². The van der Waals surface area contributed by atoms with Gasteiger partial charge in [-0.1, -0.05) is 29.4 Å². The van der Waals surface area contributed by atoms with Crippen molar-refractivity contribution in [2.75, 3.05) is 24.0 Å². The van der Waals surface area contributed by atoms with Gasteiger partial charge in [-0.15, -0.1) is 0 Å². The molecule has 0 saturated heterocycles. The SMILES string of the molecule is CSCCC(=O)NCc1ccccc1CN(C)c1nnnn1C. The number of aromatic nitrogens is 4. The van der Waals surface area contributed by atoms with Crippen molar-refractivity contribution in [3.63, 3.8) is 0 Å². The second kappa shape index (κ2) is 8.52. The Morgan fingerprint density at radius 2 is 2.09 bits per heavy atom. The number of aryl methyl sites for hydroxylation is 1. The molecule has 1 N–H and O–H groups in total. The summed E-state index contributed by atoms with van der Waals surface area (Å²) in [5, 5.41) is 14.5. The molecule has 1 amide bonds. The summed E-state index contributed by atoms with van der Waals surface area (Å²) in [6.07, 6.45) is 2.55. The molecule has 8 heteroatoms. The quantitative estimate of drug-likeness (QED) is 0.782. The lowest BCUT2D eigenvalue weighted by Gasteiger charge is -2.19. The third-order valence-corrected chi connectivity index (χ3v) is 4.09. The van der Waals surface area contributed by atoms with Gasteiger partial charge in [0.2, 0.25) is 11.9 Å². The van der Waals surface area contributed by atoms with E-state index in [2.05, 4.69) is 26.9 Å². The summed E-state index contributed by atoms with van der Waals surface area (Å²) in [6, 6.07) is 8.07. The molecule has 1 heterocycles. The van der Waals surface area contributed by atoms with Crippen LogP contribution in [0.15, 0.2) is 24.3 Å². The third-order valence-electron chi connectivity index (χ3n) is 3.47. The van der Waals surface area contributed by atoms with Crippen LogP contribution in [0.5, 0.6) is 0 Å². The summed E-state index contributed by atoms with van der Waals surface area (Å²) in [6.45, 7) is 1.21. The molecule has 2 rings (SSSR count). The first-order valence-electron chi connectivity index (χ1n) is 7.37. The normalized spacial score (nSPS) is 10.6. The first-order chi connectivity index (χ1) is 11.1. The van der Waals surface area contributed by atoms with Gasteiger partial charge in [-0.3, -0.25) is 4.79 Å². The number of nitrogens with zero attached hydrogens (tertiary/aromatic N) is 5. The Morgan fingerprint density at radius 1 is 1.35 bits per heavy atom. The van der Waals surface area contributed by atoms with E-state index < -0.39 is 0 Å². The molecule has 0 atom stereocenters. The number of nitrogens with one attached hydrogen (secondary N) is 1. The number of hydrogen-bond acceptors (Lipinski definition) is 6. The van der Waals surface area contributed by atoms with Crippen molar-refractivity contribution in [3.8, 4) is 0 Å². The Balaban J connectivity index is 2.00. The van der Waals surface area contributed by atoms with Crippen LogP contribution in [0.25, 0.3) is 0 Å². The first-order valence-corrected chi connectivity index (χ1v) is 8.77. The molecule has 0 unspecified atom stereocenters. The lowest BCUT2D eigenvalue weighted by atomic mass is 10.1. The molecule has 124 valence electrons. The van der Waals surface area contributed by atoms with Crippen molar-refractivity contribution < 1.29 is 4.79 Å². The Labute approximate surface area is 140 Å². The zero-order valence-electron chi connectivity index (χ0n) is 13.7. The highest BCUT2D eigenvalue weighted by Crippen LogP contribution is 2.14. The van der Waals surface area contributed by atoms with Crippen molar-refractivity contribution in [1.29, 1.82) is 0 Å². The molecule has 0 fully saturated rings. The van der Waals surface area contributed by atoms with E-state index in [0.717, 1.165) is 16.9 Å². The van der Waals surface area contributed by atoms with Crippen LogP contribution in [-0.4, -0.2) is 45.2 Å². The summed E-state index contributed by atoms with van der Waals surface area (Å²) in [5.74, 6) is 1.62. The lowest BCUT2D eigenvalue weighted by Crippen LogP contribution is -2.25. The fourth-order valence-electron chi connectivity index (χ4n) is 2.24. The number of carbonyl (C=O) groups excluding carboxylic acids is 1. The van der Waals surface area contributed by atoms with Crippen molar-refractivity contribution in [3.05, 3.63) is 35.4 Å². The smallest absolute Gasteiger partial charge is 0.245 e. The zero-order valence-corrected chi connectivity index (χ0v) is 14.5. The highest BCUT2D eigenvalue weighted by Gasteiger charge is 2.11. The molecule has 0 aliphatic carbocycles. The molecule has 1 aromatic heterocycles. The van der Waals surface area contributed by atoms with E-state index in [1.54, 1.807) is 16.4 Å². The van der Waals surface area contributed by atoms with E-state index in [9.17, 15) is 4.79 Å². The van der Waals surface area contributed by atoms with E-state index in [4.69, 9.17) is 0 Å². The topological polar surface area (TPSA) is 75.9 Å². The Hall–Kier alpha value is -2.09. The number of hydrogen-bond donors (Lipinski definition) is 1. The fraction of sp³-hybridized carbons (Fsp3) is 0.467. The van der Waals surface area contributed by atoms with Gasteiger partial charge in [-0.25, -0.2) is 4.68 Å². The van der Waals surface area contributed by atoms with E-state index in [1.807, 2.05) is 43.5 Å². The van der Waals surface area contributed by atoms with Crippen LogP contribution in [0, 0.1) is 0 Å². The van der Waals surface area contributed by atoms with Gasteiger partial charge in [0.15, 0.2) is 0 Å². The van der Waals surface area contributed by atoms with Gasteiger partial charge >= 0.3 is 0 Å². The summed E-state index contributed by atoms with van der Waals surface area (Å²) < 4.78 is 1.63. The minimum atomic E-state index is 0.0833. The average molecular weight is 334 g/mol. The van der Waals surface area contributed by atoms with Crippen LogP contribution < -0.4 is 10.2 Å². The molecule has 0 aliphatic heterocycles. The maximum Gasteiger partial charge on any atom is 0.245 e. The third kappa shape index (κ3) is 4.95. The second-order valence-electron chi connectivity index (χ2n) is 5.25. The molecule has 0 bridgehead atoms. The molecular formula is C15H22N6OS. The molecule has 0 aliphatic rings. The van der Waals surface area contributed by atoms with Crippen LogP contribution in [0.2, 0.25) is 0 Å². The predicted octanol–water partition coefficient (Wildman–Crippen LogP) is 1.22. The molecule has 0 spiro atoms. The highest BCUT2D eigenvalue weighted by molar-refractivity contribution is 7.98. The maximum absolute atomic E-state index is 11.8. The lowest BCUT2D eigenvalue weighted by molar-refractivity contribution is -0.120. The van der Waals surface area contributed by atoms with Crippen LogP contribution in [0.3, 0.4) is 0 Å². The van der Waals surface area contributed by atoms with Crippen molar-refractivity contribution in [1.82, 2.24) is 25.5 Å². The summed E-state index contributed by atoms with van der Waals surface area (Å²) >= 11 is 1.67. The predicted molar refractivity (Wildman–Crippen MR) is 92.2 cm³/mol. The molecule has 23 heavy (non-hydrogen) atoms. The van der Waals surface area contributed by atoms with Gasteiger partial charge in [-0.05, 0) is 27.8 Å².